The summed E-state index contributed by atoms with van der Waals surface area (Å²) in [6.45, 7) is 7.99. The third kappa shape index (κ3) is 4.55. The molecule has 2 atom stereocenters. The van der Waals surface area contributed by atoms with Crippen LogP contribution in [-0.4, -0.2) is 19.5 Å². The van der Waals surface area contributed by atoms with E-state index in [0.29, 0.717) is 18.8 Å². The molecule has 0 aromatic carbocycles. The number of benzene rings is 1. The van der Waals surface area contributed by atoms with Gasteiger partial charge in [-0.05, 0) is 35.8 Å². The first-order valence-electron chi connectivity index (χ1n) is 8.58. The molecule has 0 spiro atoms. The first-order chi connectivity index (χ1) is 10.3. The third-order valence-electron chi connectivity index (χ3n) is 4.52. The van der Waals surface area contributed by atoms with Gasteiger partial charge in [0.25, 0.3) is 0 Å². The third-order valence-corrected chi connectivity index (χ3v) is 4.52. The summed E-state index contributed by atoms with van der Waals surface area (Å²) >= 11 is 0. The van der Waals surface area contributed by atoms with Gasteiger partial charge in [0, 0.05) is 5.92 Å². The molecule has 0 aromatic rings. The van der Waals surface area contributed by atoms with Crippen LogP contribution in [0.2, 0.25) is 0 Å². The van der Waals surface area contributed by atoms with Gasteiger partial charge in [-0.1, -0.05) is 57.7 Å². The van der Waals surface area contributed by atoms with Crippen molar-refractivity contribution in [3.8, 4) is 0 Å². The molecule has 1 fully saturated rings. The Morgan fingerprint density at radius 3 is 2.52 bits per heavy atom. The topological polar surface area (TPSA) is 18.5 Å². The molecule has 1 saturated heterocycles. The summed E-state index contributed by atoms with van der Waals surface area (Å²) in [7, 11) is 0. The molecule has 3 rings (SSSR count). The van der Waals surface area contributed by atoms with Crippen molar-refractivity contribution in [3.63, 3.8) is 0 Å². The number of hydrogen-bond acceptors (Lipinski definition) is 2. The van der Waals surface area contributed by atoms with Crippen molar-refractivity contribution in [3.05, 3.63) is 34.2 Å². The highest BCUT2D eigenvalue weighted by Crippen LogP contribution is 2.20. The minimum Gasteiger partial charge on any atom is -0.355 e. The maximum absolute atomic E-state index is 5.40. The quantitative estimate of drug-likeness (QED) is 0.710. The van der Waals surface area contributed by atoms with Gasteiger partial charge in [-0.2, -0.15) is 0 Å². The molecule has 1 heterocycles. The lowest BCUT2D eigenvalue weighted by Crippen LogP contribution is -2.31. The molecular weight excluding hydrogens is 260 g/mol. The molecule has 21 heavy (non-hydrogen) atoms. The fourth-order valence-electron chi connectivity index (χ4n) is 2.95. The molecule has 2 unspecified atom stereocenters. The minimum absolute atomic E-state index is 0.399. The van der Waals surface area contributed by atoms with Crippen LogP contribution in [0.1, 0.15) is 58.4 Å². The lowest BCUT2D eigenvalue weighted by Gasteiger charge is -2.28. The molecule has 2 aliphatic carbocycles. The SMILES string of the molecule is CCCCCC1COCOC1C.CCCc1cc2ccc1=2. The normalized spacial score (nSPS) is 22.4. The van der Waals surface area contributed by atoms with Crippen LogP contribution in [-0.2, 0) is 15.9 Å². The molecule has 0 saturated carbocycles. The predicted molar refractivity (Wildman–Crippen MR) is 87.1 cm³/mol. The number of rotatable bonds is 6. The van der Waals surface area contributed by atoms with Gasteiger partial charge in [-0.25, -0.2) is 0 Å². The molecular formula is C19H30O2. The second kappa shape index (κ2) is 8.55. The highest BCUT2D eigenvalue weighted by atomic mass is 16.7. The van der Waals surface area contributed by atoms with Crippen LogP contribution in [0.4, 0.5) is 0 Å². The Kier molecular flexibility index (Phi) is 6.72. The van der Waals surface area contributed by atoms with E-state index in [0.717, 1.165) is 6.61 Å². The van der Waals surface area contributed by atoms with E-state index in [2.05, 4.69) is 39.0 Å². The lowest BCUT2D eigenvalue weighted by atomic mass is 9.96. The van der Waals surface area contributed by atoms with Gasteiger partial charge < -0.3 is 9.47 Å². The standard InChI is InChI=1S/C10H20O2.C9H10/c1-3-4-5-6-10-7-11-8-12-9(10)2;1-2-3-7-6-8-4-5-9(7)8/h9-10H,3-8H2,1-2H3;4-6H,2-3H2,1H3. The lowest BCUT2D eigenvalue weighted by molar-refractivity contribution is -0.165. The average Bonchev–Trinajstić information content (AvgIpc) is 2.47. The van der Waals surface area contributed by atoms with E-state index >= 15 is 0 Å². The first-order valence-corrected chi connectivity index (χ1v) is 8.58. The van der Waals surface area contributed by atoms with Crippen molar-refractivity contribution in [1.29, 1.82) is 0 Å². The second-order valence-corrected chi connectivity index (χ2v) is 6.24. The van der Waals surface area contributed by atoms with Crippen LogP contribution in [0.15, 0.2) is 18.2 Å². The van der Waals surface area contributed by atoms with E-state index in [9.17, 15) is 0 Å². The Morgan fingerprint density at radius 1 is 1.14 bits per heavy atom. The number of aryl methyl sites for hydroxylation is 1. The van der Waals surface area contributed by atoms with Crippen molar-refractivity contribution >= 4 is 0 Å². The Morgan fingerprint density at radius 2 is 2.00 bits per heavy atom. The van der Waals surface area contributed by atoms with Crippen LogP contribution in [0, 0.1) is 16.4 Å². The van der Waals surface area contributed by atoms with Gasteiger partial charge in [0.05, 0.1) is 12.7 Å². The Bertz CT molecular complexity index is 509. The zero-order valence-electron chi connectivity index (χ0n) is 13.9. The van der Waals surface area contributed by atoms with E-state index in [1.54, 1.807) is 5.56 Å². The Balaban J connectivity index is 0.000000159. The highest BCUT2D eigenvalue weighted by molar-refractivity contribution is 5.33. The van der Waals surface area contributed by atoms with Crippen LogP contribution in [0.3, 0.4) is 0 Å². The van der Waals surface area contributed by atoms with Crippen molar-refractivity contribution < 1.29 is 9.47 Å². The summed E-state index contributed by atoms with van der Waals surface area (Å²) in [5.74, 6) is 0.630. The van der Waals surface area contributed by atoms with Crippen LogP contribution < -0.4 is 0 Å². The van der Waals surface area contributed by atoms with E-state index in [-0.39, 0.29) is 0 Å². The summed E-state index contributed by atoms with van der Waals surface area (Å²) in [6, 6.07) is 6.67. The minimum atomic E-state index is 0.399. The summed E-state index contributed by atoms with van der Waals surface area (Å²) < 4.78 is 10.7. The molecule has 118 valence electrons. The number of hydrogen-bond donors (Lipinski definition) is 0. The van der Waals surface area contributed by atoms with Crippen LogP contribution >= 0.6 is 0 Å². The van der Waals surface area contributed by atoms with Crippen molar-refractivity contribution in [2.45, 2.75) is 65.4 Å². The fraction of sp³-hybridized carbons (Fsp3) is 0.684. The smallest absolute Gasteiger partial charge is 0.147 e. The molecule has 3 aliphatic rings. The monoisotopic (exact) mass is 290 g/mol. The maximum Gasteiger partial charge on any atom is 0.147 e. The van der Waals surface area contributed by atoms with Crippen molar-refractivity contribution in [1.82, 2.24) is 0 Å². The molecule has 0 N–H and O–H groups in total. The van der Waals surface area contributed by atoms with Crippen molar-refractivity contribution in [2.24, 2.45) is 5.92 Å². The summed E-state index contributed by atoms with van der Waals surface area (Å²) in [6.07, 6.45) is 8.15. The van der Waals surface area contributed by atoms with Crippen LogP contribution in [0.25, 0.3) is 0 Å². The molecule has 2 heteroatoms. The molecule has 1 aliphatic heterocycles. The van der Waals surface area contributed by atoms with Gasteiger partial charge in [-0.15, -0.1) is 0 Å². The highest BCUT2D eigenvalue weighted by Gasteiger charge is 2.21. The zero-order valence-corrected chi connectivity index (χ0v) is 13.9. The predicted octanol–water partition coefficient (Wildman–Crippen LogP) is 4.82. The summed E-state index contributed by atoms with van der Waals surface area (Å²) in [5, 5.41) is 3.00. The second-order valence-electron chi connectivity index (χ2n) is 6.24. The molecule has 0 bridgehead atoms. The number of ether oxygens (including phenoxy) is 2. The van der Waals surface area contributed by atoms with E-state index in [1.165, 1.54) is 49.0 Å². The fourth-order valence-corrected chi connectivity index (χ4v) is 2.95. The number of unbranched alkanes of at least 4 members (excludes halogenated alkanes) is 2. The van der Waals surface area contributed by atoms with Gasteiger partial charge in [0.15, 0.2) is 0 Å². The van der Waals surface area contributed by atoms with E-state index in [1.807, 2.05) is 0 Å². The summed E-state index contributed by atoms with van der Waals surface area (Å²) in [5.41, 5.74) is 1.56. The average molecular weight is 290 g/mol. The van der Waals surface area contributed by atoms with Gasteiger partial charge >= 0.3 is 0 Å². The van der Waals surface area contributed by atoms with E-state index in [4.69, 9.17) is 9.47 Å². The molecule has 2 nitrogen and oxygen atoms in total. The Hall–Kier alpha value is -0.860. The maximum atomic E-state index is 5.40. The van der Waals surface area contributed by atoms with Gasteiger partial charge in [0.1, 0.15) is 6.79 Å². The Labute approximate surface area is 129 Å². The molecule has 0 aromatic heterocycles. The van der Waals surface area contributed by atoms with Crippen molar-refractivity contribution in [2.75, 3.05) is 13.4 Å². The zero-order chi connectivity index (χ0) is 15.1. The summed E-state index contributed by atoms with van der Waals surface area (Å²) in [4.78, 5) is 0. The van der Waals surface area contributed by atoms with E-state index < -0.39 is 0 Å². The first kappa shape index (κ1) is 16.5. The van der Waals surface area contributed by atoms with Crippen LogP contribution in [0.5, 0.6) is 0 Å². The molecule has 0 radical (unpaired) electrons. The van der Waals surface area contributed by atoms with Gasteiger partial charge in [0.2, 0.25) is 0 Å². The van der Waals surface area contributed by atoms with Gasteiger partial charge in [-0.3, -0.25) is 0 Å². The molecule has 0 amide bonds. The largest absolute Gasteiger partial charge is 0.355 e.